The number of halogens is 1. The van der Waals surface area contributed by atoms with Crippen molar-refractivity contribution >= 4 is 44.0 Å². The number of aromatic carboxylic acids is 1. The number of aromatic nitrogens is 1. The molecule has 1 heterocycles. The summed E-state index contributed by atoms with van der Waals surface area (Å²) in [5, 5.41) is 9.07. The Balaban J connectivity index is 2.34. The minimum Gasteiger partial charge on any atom is -0.478 e. The van der Waals surface area contributed by atoms with E-state index in [1.807, 2.05) is 0 Å². The van der Waals surface area contributed by atoms with E-state index in [0.29, 0.717) is 9.37 Å². The largest absolute Gasteiger partial charge is 0.478 e. The van der Waals surface area contributed by atoms with Gasteiger partial charge in [0.25, 0.3) is 0 Å². The van der Waals surface area contributed by atoms with Crippen molar-refractivity contribution in [3.63, 3.8) is 0 Å². The maximum absolute atomic E-state index is 12.2. The molecule has 0 aliphatic carbocycles. The molecule has 1 atom stereocenters. The molecule has 7 heteroatoms. The molecule has 0 bridgehead atoms. The van der Waals surface area contributed by atoms with Gasteiger partial charge in [-0.25, -0.2) is 4.79 Å². The van der Waals surface area contributed by atoms with Crippen LogP contribution in [0.3, 0.4) is 0 Å². The standard InChI is InChI=1S/C11H8BrNO3S2/c12-7-1-2-9(11(14)15)10(3-7)18(16)5-8-4-13-6-17-8/h1-4,6H,5H2,(H,14,15). The van der Waals surface area contributed by atoms with E-state index in [0.717, 1.165) is 4.88 Å². The third-order valence-electron chi connectivity index (χ3n) is 2.18. The van der Waals surface area contributed by atoms with Crippen LogP contribution >= 0.6 is 27.3 Å². The van der Waals surface area contributed by atoms with Crippen LogP contribution in [0.4, 0.5) is 0 Å². The summed E-state index contributed by atoms with van der Waals surface area (Å²) in [5.41, 5.74) is 1.73. The number of hydrogen-bond acceptors (Lipinski definition) is 4. The first-order valence-corrected chi connectivity index (χ1v) is 7.85. The maximum atomic E-state index is 12.2. The predicted molar refractivity (Wildman–Crippen MR) is 73.3 cm³/mol. The molecule has 0 radical (unpaired) electrons. The number of nitrogens with zero attached hydrogens (tertiary/aromatic N) is 1. The molecule has 1 unspecified atom stereocenters. The lowest BCUT2D eigenvalue weighted by atomic mass is 10.2. The molecule has 2 rings (SSSR count). The van der Waals surface area contributed by atoms with Gasteiger partial charge in [-0.05, 0) is 18.2 Å². The van der Waals surface area contributed by atoms with E-state index in [1.54, 1.807) is 23.8 Å². The minimum absolute atomic E-state index is 0.0704. The number of hydrogen-bond donors (Lipinski definition) is 1. The zero-order valence-electron chi connectivity index (χ0n) is 9.00. The summed E-state index contributed by atoms with van der Waals surface area (Å²) in [6.07, 6.45) is 1.64. The van der Waals surface area contributed by atoms with Crippen LogP contribution in [0, 0.1) is 0 Å². The highest BCUT2D eigenvalue weighted by molar-refractivity contribution is 9.10. The number of carboxylic acids is 1. The van der Waals surface area contributed by atoms with Gasteiger partial charge in [-0.2, -0.15) is 0 Å². The Labute approximate surface area is 118 Å². The van der Waals surface area contributed by atoms with Crippen molar-refractivity contribution in [3.05, 3.63) is 44.8 Å². The summed E-state index contributed by atoms with van der Waals surface area (Å²) < 4.78 is 12.9. The fraction of sp³-hybridized carbons (Fsp3) is 0.0909. The Bertz CT molecular complexity index is 598. The molecule has 0 aliphatic heterocycles. The number of carbonyl (C=O) groups is 1. The molecule has 0 spiro atoms. The molecule has 0 aliphatic rings. The Hall–Kier alpha value is -1.05. The number of thiazole rings is 1. The first-order chi connectivity index (χ1) is 8.58. The highest BCUT2D eigenvalue weighted by Crippen LogP contribution is 2.23. The topological polar surface area (TPSA) is 67.3 Å². The molecule has 1 aromatic carbocycles. The molecule has 1 N–H and O–H groups in total. The van der Waals surface area contributed by atoms with E-state index in [1.165, 1.54) is 17.4 Å². The lowest BCUT2D eigenvalue weighted by Gasteiger charge is -2.05. The van der Waals surface area contributed by atoms with E-state index in [2.05, 4.69) is 20.9 Å². The quantitative estimate of drug-likeness (QED) is 0.924. The monoisotopic (exact) mass is 345 g/mol. The van der Waals surface area contributed by atoms with Gasteiger partial charge in [-0.15, -0.1) is 11.3 Å². The summed E-state index contributed by atoms with van der Waals surface area (Å²) in [5.74, 6) is -0.795. The van der Waals surface area contributed by atoms with E-state index >= 15 is 0 Å². The van der Waals surface area contributed by atoms with Crippen molar-refractivity contribution in [2.24, 2.45) is 0 Å². The van der Waals surface area contributed by atoms with E-state index in [-0.39, 0.29) is 11.3 Å². The van der Waals surface area contributed by atoms with Crippen molar-refractivity contribution in [1.29, 1.82) is 0 Å². The van der Waals surface area contributed by atoms with Crippen molar-refractivity contribution in [1.82, 2.24) is 4.98 Å². The van der Waals surface area contributed by atoms with Crippen LogP contribution in [0.2, 0.25) is 0 Å². The zero-order valence-corrected chi connectivity index (χ0v) is 12.2. The van der Waals surface area contributed by atoms with Gasteiger partial charge < -0.3 is 5.11 Å². The molecule has 0 fully saturated rings. The van der Waals surface area contributed by atoms with Crippen LogP contribution in [-0.2, 0) is 16.6 Å². The lowest BCUT2D eigenvalue weighted by molar-refractivity contribution is 0.0693. The summed E-state index contributed by atoms with van der Waals surface area (Å²) in [6, 6.07) is 4.66. The summed E-state index contributed by atoms with van der Waals surface area (Å²) in [6.45, 7) is 0. The fourth-order valence-corrected chi connectivity index (χ4v) is 4.01. The number of rotatable bonds is 4. The van der Waals surface area contributed by atoms with Crippen molar-refractivity contribution in [2.45, 2.75) is 10.6 Å². The Morgan fingerprint density at radius 1 is 1.50 bits per heavy atom. The predicted octanol–water partition coefficient (Wildman–Crippen LogP) is 2.91. The molecule has 18 heavy (non-hydrogen) atoms. The highest BCUT2D eigenvalue weighted by Gasteiger charge is 2.16. The molecular weight excluding hydrogens is 338 g/mol. The average molecular weight is 346 g/mol. The Morgan fingerprint density at radius 3 is 2.89 bits per heavy atom. The third kappa shape index (κ3) is 3.04. The van der Waals surface area contributed by atoms with Gasteiger partial charge in [0.1, 0.15) is 0 Å². The maximum Gasteiger partial charge on any atom is 0.336 e. The fourth-order valence-electron chi connectivity index (χ4n) is 1.38. The van der Waals surface area contributed by atoms with Crippen LogP contribution in [0.15, 0.2) is 39.3 Å². The van der Waals surface area contributed by atoms with Crippen LogP contribution in [0.25, 0.3) is 0 Å². The van der Waals surface area contributed by atoms with Gasteiger partial charge >= 0.3 is 5.97 Å². The first-order valence-electron chi connectivity index (χ1n) is 4.86. The molecule has 0 saturated heterocycles. The summed E-state index contributed by atoms with van der Waals surface area (Å²) in [7, 11) is -1.40. The van der Waals surface area contributed by atoms with Gasteiger partial charge in [0.15, 0.2) is 0 Å². The van der Waals surface area contributed by atoms with Gasteiger partial charge in [-0.1, -0.05) is 15.9 Å². The zero-order chi connectivity index (χ0) is 13.1. The van der Waals surface area contributed by atoms with E-state index in [9.17, 15) is 9.00 Å². The van der Waals surface area contributed by atoms with Crippen LogP contribution in [0.1, 0.15) is 15.2 Å². The molecule has 0 amide bonds. The van der Waals surface area contributed by atoms with Gasteiger partial charge in [0.2, 0.25) is 0 Å². The minimum atomic E-state index is -1.40. The molecule has 0 saturated carbocycles. The summed E-state index contributed by atoms with van der Waals surface area (Å²) >= 11 is 4.66. The summed E-state index contributed by atoms with van der Waals surface area (Å²) in [4.78, 5) is 16.2. The first kappa shape index (κ1) is 13.4. The van der Waals surface area contributed by atoms with E-state index in [4.69, 9.17) is 5.11 Å². The normalized spacial score (nSPS) is 12.3. The second-order valence-electron chi connectivity index (χ2n) is 3.40. The molecular formula is C11H8BrNO3S2. The molecule has 1 aromatic heterocycles. The van der Waals surface area contributed by atoms with Gasteiger partial charge in [0.05, 0.1) is 32.5 Å². The van der Waals surface area contributed by atoms with Crippen molar-refractivity contribution in [2.75, 3.05) is 0 Å². The highest BCUT2D eigenvalue weighted by atomic mass is 79.9. The van der Waals surface area contributed by atoms with E-state index < -0.39 is 16.8 Å². The second kappa shape index (κ2) is 5.73. The molecule has 94 valence electrons. The molecule has 4 nitrogen and oxygen atoms in total. The second-order valence-corrected chi connectivity index (χ2v) is 6.71. The van der Waals surface area contributed by atoms with Crippen molar-refractivity contribution < 1.29 is 14.1 Å². The van der Waals surface area contributed by atoms with Gasteiger partial charge in [0, 0.05) is 15.5 Å². The van der Waals surface area contributed by atoms with Crippen LogP contribution < -0.4 is 0 Å². The number of benzene rings is 1. The van der Waals surface area contributed by atoms with Crippen molar-refractivity contribution in [3.8, 4) is 0 Å². The van der Waals surface area contributed by atoms with Crippen LogP contribution in [-0.4, -0.2) is 20.3 Å². The van der Waals surface area contributed by atoms with Gasteiger partial charge in [-0.3, -0.25) is 9.19 Å². The SMILES string of the molecule is O=C(O)c1ccc(Br)cc1S(=O)Cc1cncs1. The average Bonchev–Trinajstić information content (AvgIpc) is 2.81. The number of carboxylic acid groups (broad SMARTS) is 1. The van der Waals surface area contributed by atoms with Crippen LogP contribution in [0.5, 0.6) is 0 Å². The lowest BCUT2D eigenvalue weighted by Crippen LogP contribution is -2.05. The Kier molecular flexibility index (Phi) is 4.26. The smallest absolute Gasteiger partial charge is 0.336 e. The molecule has 2 aromatic rings. The third-order valence-corrected chi connectivity index (χ3v) is 5.03. The Morgan fingerprint density at radius 2 is 2.28 bits per heavy atom.